The number of halogens is 1. The van der Waals surface area contributed by atoms with Crippen molar-refractivity contribution in [2.45, 2.75) is 4.90 Å². The molecule has 0 spiro atoms. The van der Waals surface area contributed by atoms with Gasteiger partial charge in [0.1, 0.15) is 17.0 Å². The molecule has 0 atom stereocenters. The number of primary sulfonamides is 1. The number of nitrogens with two attached hydrogens (primary N) is 1. The third-order valence-corrected chi connectivity index (χ3v) is 6.11. The van der Waals surface area contributed by atoms with Crippen LogP contribution in [0.3, 0.4) is 0 Å². The molecule has 158 valence electrons. The maximum atomic E-state index is 13.3. The molecule has 0 unspecified atom stereocenters. The number of nitrogens with one attached hydrogen (secondary N) is 1. The Hall–Kier alpha value is -3.41. The van der Waals surface area contributed by atoms with E-state index in [2.05, 4.69) is 15.3 Å². The fourth-order valence-electron chi connectivity index (χ4n) is 2.86. The first-order valence-electron chi connectivity index (χ1n) is 8.85. The molecule has 0 bridgehead atoms. The number of ether oxygens (including phenoxy) is 1. The lowest BCUT2D eigenvalue weighted by Crippen LogP contribution is -2.20. The smallest absolute Gasteiger partial charge is 0.262 e. The largest absolute Gasteiger partial charge is 0.467 e. The Labute approximate surface area is 180 Å². The van der Waals surface area contributed by atoms with E-state index in [1.807, 2.05) is 5.38 Å². The summed E-state index contributed by atoms with van der Waals surface area (Å²) >= 11 is 1.38. The number of hydrogen-bond donors (Lipinski definition) is 2. The van der Waals surface area contributed by atoms with E-state index in [9.17, 15) is 17.6 Å². The molecule has 3 N–H and O–H groups in total. The van der Waals surface area contributed by atoms with Crippen LogP contribution in [0.1, 0.15) is 0 Å². The van der Waals surface area contributed by atoms with Crippen molar-refractivity contribution in [3.05, 3.63) is 66.1 Å². The van der Waals surface area contributed by atoms with Crippen molar-refractivity contribution in [1.29, 1.82) is 0 Å². The van der Waals surface area contributed by atoms with E-state index in [0.29, 0.717) is 15.9 Å². The van der Waals surface area contributed by atoms with Gasteiger partial charge in [-0.05, 0) is 42.0 Å². The van der Waals surface area contributed by atoms with Crippen LogP contribution in [0.15, 0.2) is 65.1 Å². The van der Waals surface area contributed by atoms with Gasteiger partial charge in [-0.25, -0.2) is 27.9 Å². The molecule has 0 saturated heterocycles. The molecular weight excluding hydrogens is 443 g/mol. The highest BCUT2D eigenvalue weighted by Crippen LogP contribution is 2.37. The number of amides is 1. The monoisotopic (exact) mass is 458 g/mol. The highest BCUT2D eigenvalue weighted by molar-refractivity contribution is 7.89. The van der Waals surface area contributed by atoms with Gasteiger partial charge in [0.15, 0.2) is 6.61 Å². The molecule has 0 fully saturated rings. The van der Waals surface area contributed by atoms with E-state index >= 15 is 0 Å². The number of carbonyl (C=O) groups excluding carboxylic acids is 1. The second-order valence-electron chi connectivity index (χ2n) is 6.42. The first-order valence-corrected chi connectivity index (χ1v) is 11.3. The summed E-state index contributed by atoms with van der Waals surface area (Å²) in [5.74, 6) is -0.580. The van der Waals surface area contributed by atoms with Gasteiger partial charge in [0.05, 0.1) is 10.3 Å². The molecule has 1 amide bonds. The minimum Gasteiger partial charge on any atom is -0.467 e. The maximum Gasteiger partial charge on any atom is 0.262 e. The standard InChI is InChI=1S/C20H15FN4O4S2/c21-13-3-1-12(2-4-13)16-10-30-20-18(16)19(23-11-24-20)29-9-17(26)25-14-5-7-15(8-6-14)31(22,27)28/h1-8,10-11H,9H2,(H,25,26)(H2,22,27,28). The topological polar surface area (TPSA) is 124 Å². The fraction of sp³-hybridized carbons (Fsp3) is 0.0500. The Bertz CT molecular complexity index is 1350. The SMILES string of the molecule is NS(=O)(=O)c1ccc(NC(=O)COc2ncnc3scc(-c4ccc(F)cc4)c23)cc1. The Kier molecular flexibility index (Phi) is 5.63. The fourth-order valence-corrected chi connectivity index (χ4v) is 4.28. The second kappa shape index (κ2) is 8.38. The van der Waals surface area contributed by atoms with E-state index < -0.39 is 15.9 Å². The van der Waals surface area contributed by atoms with Gasteiger partial charge in [-0.1, -0.05) is 12.1 Å². The summed E-state index contributed by atoms with van der Waals surface area (Å²) < 4.78 is 41.5. The average molecular weight is 458 g/mol. The number of nitrogens with zero attached hydrogens (tertiary/aromatic N) is 2. The van der Waals surface area contributed by atoms with E-state index in [-0.39, 0.29) is 23.2 Å². The molecule has 4 rings (SSSR count). The van der Waals surface area contributed by atoms with Gasteiger partial charge in [-0.3, -0.25) is 4.79 Å². The van der Waals surface area contributed by atoms with Gasteiger partial charge in [0.2, 0.25) is 15.9 Å². The maximum absolute atomic E-state index is 13.3. The predicted octanol–water partition coefficient (Wildman–Crippen LogP) is 3.16. The highest BCUT2D eigenvalue weighted by atomic mass is 32.2. The summed E-state index contributed by atoms with van der Waals surface area (Å²) in [5.41, 5.74) is 1.93. The quantitative estimate of drug-likeness (QED) is 0.457. The van der Waals surface area contributed by atoms with Gasteiger partial charge in [0.25, 0.3) is 5.91 Å². The molecule has 0 saturated carbocycles. The summed E-state index contributed by atoms with van der Waals surface area (Å²) in [6.45, 7) is -0.332. The van der Waals surface area contributed by atoms with Crippen LogP contribution in [0, 0.1) is 5.82 Å². The van der Waals surface area contributed by atoms with Gasteiger partial charge >= 0.3 is 0 Å². The van der Waals surface area contributed by atoms with Gasteiger partial charge in [-0.15, -0.1) is 11.3 Å². The van der Waals surface area contributed by atoms with E-state index in [4.69, 9.17) is 9.88 Å². The zero-order valence-electron chi connectivity index (χ0n) is 15.8. The molecular formula is C20H15FN4O4S2. The molecule has 0 aliphatic rings. The lowest BCUT2D eigenvalue weighted by atomic mass is 10.1. The molecule has 0 aliphatic heterocycles. The molecule has 2 heterocycles. The summed E-state index contributed by atoms with van der Waals surface area (Å²) in [4.78, 5) is 21.2. The zero-order chi connectivity index (χ0) is 22.0. The van der Waals surface area contributed by atoms with Crippen LogP contribution in [0.25, 0.3) is 21.3 Å². The number of thiophene rings is 1. The van der Waals surface area contributed by atoms with Crippen LogP contribution < -0.4 is 15.2 Å². The molecule has 4 aromatic rings. The van der Waals surface area contributed by atoms with Crippen LogP contribution in [0.2, 0.25) is 0 Å². The number of aromatic nitrogens is 2. The number of carbonyl (C=O) groups is 1. The Morgan fingerprint density at radius 1 is 1.10 bits per heavy atom. The Morgan fingerprint density at radius 2 is 1.81 bits per heavy atom. The van der Waals surface area contributed by atoms with Gasteiger partial charge < -0.3 is 10.1 Å². The molecule has 8 nitrogen and oxygen atoms in total. The van der Waals surface area contributed by atoms with Crippen LogP contribution in [0.5, 0.6) is 5.88 Å². The summed E-state index contributed by atoms with van der Waals surface area (Å²) in [6.07, 6.45) is 1.34. The van der Waals surface area contributed by atoms with Crippen molar-refractivity contribution in [3.63, 3.8) is 0 Å². The number of hydrogen-bond acceptors (Lipinski definition) is 7. The number of fused-ring (bicyclic) bond motifs is 1. The van der Waals surface area contributed by atoms with Gasteiger partial charge in [-0.2, -0.15) is 0 Å². The van der Waals surface area contributed by atoms with E-state index in [1.165, 1.54) is 54.1 Å². The van der Waals surface area contributed by atoms with Crippen molar-refractivity contribution in [2.75, 3.05) is 11.9 Å². The van der Waals surface area contributed by atoms with Crippen molar-refractivity contribution < 1.29 is 22.3 Å². The van der Waals surface area contributed by atoms with Crippen LogP contribution in [-0.4, -0.2) is 30.9 Å². The number of rotatable bonds is 6. The van der Waals surface area contributed by atoms with Crippen molar-refractivity contribution in [1.82, 2.24) is 9.97 Å². The predicted molar refractivity (Wildman–Crippen MR) is 115 cm³/mol. The zero-order valence-corrected chi connectivity index (χ0v) is 17.4. The summed E-state index contributed by atoms with van der Waals surface area (Å²) in [7, 11) is -3.81. The number of anilines is 1. The lowest BCUT2D eigenvalue weighted by Gasteiger charge is -2.09. The third-order valence-electron chi connectivity index (χ3n) is 4.30. The van der Waals surface area contributed by atoms with Crippen molar-refractivity contribution in [2.24, 2.45) is 5.14 Å². The third kappa shape index (κ3) is 4.68. The summed E-state index contributed by atoms with van der Waals surface area (Å²) in [5, 5.41) is 10.2. The molecule has 11 heteroatoms. The van der Waals surface area contributed by atoms with E-state index in [0.717, 1.165) is 11.1 Å². The Balaban J connectivity index is 1.50. The second-order valence-corrected chi connectivity index (χ2v) is 8.84. The van der Waals surface area contributed by atoms with Crippen molar-refractivity contribution in [3.8, 4) is 17.0 Å². The molecule has 2 aromatic carbocycles. The molecule has 31 heavy (non-hydrogen) atoms. The van der Waals surface area contributed by atoms with Crippen LogP contribution in [0.4, 0.5) is 10.1 Å². The summed E-state index contributed by atoms with van der Waals surface area (Å²) in [6, 6.07) is 11.4. The first kappa shape index (κ1) is 20.8. The molecule has 0 aliphatic carbocycles. The lowest BCUT2D eigenvalue weighted by molar-refractivity contribution is -0.118. The normalized spacial score (nSPS) is 11.4. The molecule has 2 aromatic heterocycles. The minimum absolute atomic E-state index is 0.0593. The Morgan fingerprint density at radius 3 is 2.48 bits per heavy atom. The van der Waals surface area contributed by atoms with E-state index in [1.54, 1.807) is 12.1 Å². The van der Waals surface area contributed by atoms with Crippen LogP contribution >= 0.6 is 11.3 Å². The van der Waals surface area contributed by atoms with Crippen LogP contribution in [-0.2, 0) is 14.8 Å². The first-order chi connectivity index (χ1) is 14.8. The van der Waals surface area contributed by atoms with Gasteiger partial charge in [0, 0.05) is 16.6 Å². The minimum atomic E-state index is -3.81. The van der Waals surface area contributed by atoms with Crippen molar-refractivity contribution >= 4 is 43.2 Å². The number of sulfonamides is 1. The highest BCUT2D eigenvalue weighted by Gasteiger charge is 2.16. The molecule has 0 radical (unpaired) electrons. The number of benzene rings is 2. The average Bonchev–Trinajstić information content (AvgIpc) is 3.17.